The summed E-state index contributed by atoms with van der Waals surface area (Å²) < 4.78 is 68.7. The monoisotopic (exact) mass is 635 g/mol. The molecule has 5 N–H and O–H groups in total. The standard InChI is InChI=1S/C22H21ClF5N3O4.C7H14O/c1-21(2,22(26,27)28)20(34)30-9-11-3-5-15(23)13(7-11)19(33)31-12-4-6-16(35-10-17(24)25)14(8-12)18(29)32;8-6-7-4-2-1-3-5-7/h3-8,17H,9-10H2,1-2H3,(H2,29,32)(H,30,34)(H,31,33);7-8H,1-6H2. The number of benzene rings is 2. The van der Waals surface area contributed by atoms with Gasteiger partial charge in [0.25, 0.3) is 18.2 Å². The van der Waals surface area contributed by atoms with Crippen molar-refractivity contribution in [3.8, 4) is 5.75 Å². The van der Waals surface area contributed by atoms with Crippen LogP contribution in [0.15, 0.2) is 36.4 Å². The third kappa shape index (κ3) is 10.6. The summed E-state index contributed by atoms with van der Waals surface area (Å²) in [4.78, 5) is 36.4. The first-order valence-electron chi connectivity index (χ1n) is 13.5. The summed E-state index contributed by atoms with van der Waals surface area (Å²) in [7, 11) is 0. The molecular formula is C29H35ClF5N3O5. The molecule has 0 saturated heterocycles. The molecule has 0 heterocycles. The van der Waals surface area contributed by atoms with E-state index in [-0.39, 0.29) is 34.1 Å². The summed E-state index contributed by atoms with van der Waals surface area (Å²) in [6.45, 7) is 0.628. The van der Waals surface area contributed by atoms with E-state index in [0.717, 1.165) is 19.9 Å². The summed E-state index contributed by atoms with van der Waals surface area (Å²) in [6, 6.07) is 7.59. The lowest BCUT2D eigenvalue weighted by atomic mass is 9.90. The molecule has 3 amide bonds. The lowest BCUT2D eigenvalue weighted by molar-refractivity contribution is -0.211. The second-order valence-electron chi connectivity index (χ2n) is 10.5. The van der Waals surface area contributed by atoms with E-state index in [2.05, 4.69) is 10.6 Å². The number of nitrogens with one attached hydrogen (secondary N) is 2. The first kappa shape index (κ1) is 35.7. The minimum atomic E-state index is -4.76. The third-order valence-corrected chi connectivity index (χ3v) is 7.19. The van der Waals surface area contributed by atoms with Crippen molar-refractivity contribution in [2.75, 3.05) is 18.5 Å². The average Bonchev–Trinajstić information content (AvgIpc) is 2.95. The predicted octanol–water partition coefficient (Wildman–Crippen LogP) is 6.10. The van der Waals surface area contributed by atoms with Crippen LogP contribution in [-0.2, 0) is 11.3 Å². The van der Waals surface area contributed by atoms with Gasteiger partial charge in [-0.1, -0.05) is 36.9 Å². The Kier molecular flexibility index (Phi) is 13.2. The van der Waals surface area contributed by atoms with Gasteiger partial charge in [0, 0.05) is 18.8 Å². The van der Waals surface area contributed by atoms with Gasteiger partial charge in [0.1, 0.15) is 17.8 Å². The van der Waals surface area contributed by atoms with Crippen molar-refractivity contribution in [3.63, 3.8) is 0 Å². The summed E-state index contributed by atoms with van der Waals surface area (Å²) in [5.74, 6) is -2.55. The van der Waals surface area contributed by atoms with Crippen LogP contribution in [0.3, 0.4) is 0 Å². The fourth-order valence-corrected chi connectivity index (χ4v) is 4.24. The summed E-state index contributed by atoms with van der Waals surface area (Å²) in [5.41, 5.74) is 2.65. The molecule has 1 fully saturated rings. The number of aliphatic hydroxyl groups is 1. The Balaban J connectivity index is 0.000000694. The van der Waals surface area contributed by atoms with Crippen LogP contribution in [0.2, 0.25) is 5.02 Å². The van der Waals surface area contributed by atoms with Crippen LogP contribution in [0, 0.1) is 11.3 Å². The molecule has 1 saturated carbocycles. The zero-order valence-electron chi connectivity index (χ0n) is 23.7. The van der Waals surface area contributed by atoms with Gasteiger partial charge >= 0.3 is 6.18 Å². The van der Waals surface area contributed by atoms with Crippen LogP contribution in [0.25, 0.3) is 0 Å². The van der Waals surface area contributed by atoms with Crippen molar-refractivity contribution < 1.29 is 46.2 Å². The van der Waals surface area contributed by atoms with Crippen LogP contribution in [0.4, 0.5) is 27.6 Å². The van der Waals surface area contributed by atoms with Gasteiger partial charge in [-0.25, -0.2) is 8.78 Å². The van der Waals surface area contributed by atoms with Gasteiger partial charge in [-0.3, -0.25) is 14.4 Å². The number of rotatable bonds is 10. The largest absolute Gasteiger partial charge is 0.487 e. The molecule has 2 aromatic carbocycles. The second-order valence-corrected chi connectivity index (χ2v) is 10.9. The molecule has 0 radical (unpaired) electrons. The Morgan fingerprint density at radius 3 is 2.23 bits per heavy atom. The van der Waals surface area contributed by atoms with Gasteiger partial charge in [0.15, 0.2) is 0 Å². The highest BCUT2D eigenvalue weighted by Crippen LogP contribution is 2.37. The summed E-state index contributed by atoms with van der Waals surface area (Å²) >= 11 is 6.07. The molecule has 1 aliphatic carbocycles. The number of alkyl halides is 5. The number of carbonyl (C=O) groups is 3. The van der Waals surface area contributed by atoms with E-state index in [9.17, 15) is 36.3 Å². The Morgan fingerprint density at radius 2 is 1.70 bits per heavy atom. The van der Waals surface area contributed by atoms with Crippen LogP contribution in [0.1, 0.15) is 72.2 Å². The zero-order chi connectivity index (χ0) is 32.4. The third-order valence-electron chi connectivity index (χ3n) is 6.86. The van der Waals surface area contributed by atoms with Gasteiger partial charge in [0.05, 0.1) is 16.1 Å². The summed E-state index contributed by atoms with van der Waals surface area (Å²) in [5, 5.41) is 13.3. The van der Waals surface area contributed by atoms with Crippen molar-refractivity contribution in [1.82, 2.24) is 5.32 Å². The van der Waals surface area contributed by atoms with E-state index in [1.165, 1.54) is 62.4 Å². The van der Waals surface area contributed by atoms with E-state index >= 15 is 0 Å². The Bertz CT molecular complexity index is 1270. The molecule has 2 aromatic rings. The van der Waals surface area contributed by atoms with Crippen LogP contribution in [0.5, 0.6) is 5.75 Å². The number of aliphatic hydroxyl groups excluding tert-OH is 1. The van der Waals surface area contributed by atoms with Crippen LogP contribution >= 0.6 is 11.6 Å². The second kappa shape index (κ2) is 15.9. The molecule has 0 atom stereocenters. The number of hydrogen-bond acceptors (Lipinski definition) is 5. The first-order chi connectivity index (χ1) is 20.1. The Morgan fingerprint density at radius 1 is 1.05 bits per heavy atom. The average molecular weight is 636 g/mol. The molecule has 0 unspecified atom stereocenters. The number of carbonyl (C=O) groups excluding carboxylic acids is 3. The summed E-state index contributed by atoms with van der Waals surface area (Å²) in [6.07, 6.45) is -0.958. The maximum absolute atomic E-state index is 13.0. The molecule has 14 heteroatoms. The van der Waals surface area contributed by atoms with E-state index in [4.69, 9.17) is 27.2 Å². The lowest BCUT2D eigenvalue weighted by Crippen LogP contribution is -2.46. The van der Waals surface area contributed by atoms with E-state index < -0.39 is 42.3 Å². The molecule has 0 spiro atoms. The van der Waals surface area contributed by atoms with Gasteiger partial charge in [-0.15, -0.1) is 0 Å². The lowest BCUT2D eigenvalue weighted by Gasteiger charge is -2.26. The zero-order valence-corrected chi connectivity index (χ0v) is 24.5. The van der Waals surface area contributed by atoms with Crippen LogP contribution in [-0.4, -0.2) is 48.6 Å². The van der Waals surface area contributed by atoms with Gasteiger partial charge in [0.2, 0.25) is 5.91 Å². The Labute approximate surface area is 251 Å². The topological polar surface area (TPSA) is 131 Å². The molecule has 1 aliphatic rings. The van der Waals surface area contributed by atoms with Crippen molar-refractivity contribution in [1.29, 1.82) is 0 Å². The molecule has 238 valence electrons. The van der Waals surface area contributed by atoms with Crippen LogP contribution < -0.4 is 21.1 Å². The molecule has 3 rings (SSSR count). The molecule has 0 aromatic heterocycles. The quantitative estimate of drug-likeness (QED) is 0.235. The van der Waals surface area contributed by atoms with Crippen molar-refractivity contribution in [3.05, 3.63) is 58.1 Å². The van der Waals surface area contributed by atoms with Crippen molar-refractivity contribution in [2.24, 2.45) is 17.1 Å². The number of primary amides is 1. The maximum Gasteiger partial charge on any atom is 0.402 e. The Hall–Kier alpha value is -3.45. The van der Waals surface area contributed by atoms with E-state index in [1.807, 2.05) is 0 Å². The molecule has 0 bridgehead atoms. The number of nitrogens with two attached hydrogens (primary N) is 1. The number of hydrogen-bond donors (Lipinski definition) is 4. The molecule has 43 heavy (non-hydrogen) atoms. The highest BCUT2D eigenvalue weighted by Gasteiger charge is 2.52. The van der Waals surface area contributed by atoms with Gasteiger partial charge in [-0.05, 0) is 68.5 Å². The molecule has 8 nitrogen and oxygen atoms in total. The normalized spacial score (nSPS) is 14.0. The number of amides is 3. The number of ether oxygens (including phenoxy) is 1. The maximum atomic E-state index is 13.0. The molecular weight excluding hydrogens is 601 g/mol. The first-order valence-corrected chi connectivity index (χ1v) is 13.8. The highest BCUT2D eigenvalue weighted by atomic mass is 35.5. The smallest absolute Gasteiger partial charge is 0.402 e. The molecule has 0 aliphatic heterocycles. The fourth-order valence-electron chi connectivity index (χ4n) is 4.04. The fraction of sp³-hybridized carbons (Fsp3) is 0.483. The SMILES string of the molecule is CC(C)(C(=O)NCc1ccc(Cl)c(C(=O)Nc2ccc(OCC(F)F)c(C(N)=O)c2)c1)C(F)(F)F.OCC1CCCCC1. The number of halogens is 6. The van der Waals surface area contributed by atoms with Gasteiger partial charge in [-0.2, -0.15) is 13.2 Å². The predicted molar refractivity (Wildman–Crippen MR) is 151 cm³/mol. The van der Waals surface area contributed by atoms with Gasteiger partial charge < -0.3 is 26.2 Å². The highest BCUT2D eigenvalue weighted by molar-refractivity contribution is 6.34. The van der Waals surface area contributed by atoms with Crippen molar-refractivity contribution >= 4 is 35.0 Å². The minimum Gasteiger partial charge on any atom is -0.487 e. The van der Waals surface area contributed by atoms with E-state index in [0.29, 0.717) is 18.1 Å². The number of anilines is 1. The van der Waals surface area contributed by atoms with E-state index in [1.54, 1.807) is 0 Å². The minimum absolute atomic E-state index is 0.000194. The van der Waals surface area contributed by atoms with Crippen molar-refractivity contribution in [2.45, 2.75) is 65.1 Å².